The molecule has 5 rings (SSSR count). The Balaban J connectivity index is 1.16. The molecule has 5 aromatic rings. The zero-order valence-electron chi connectivity index (χ0n) is 24.3. The molecule has 1 heterocycles. The molecule has 0 amide bonds. The summed E-state index contributed by atoms with van der Waals surface area (Å²) in [5.74, 6) is 1.66. The number of aromatic nitrogens is 3. The molecule has 0 bridgehead atoms. The minimum Gasteiger partial charge on any atom is -0.478 e. The third-order valence-corrected chi connectivity index (χ3v) is 7.31. The number of hydrogen-bond donors (Lipinski definition) is 1. The lowest BCUT2D eigenvalue weighted by Crippen LogP contribution is -2.43. The van der Waals surface area contributed by atoms with E-state index in [1.165, 1.54) is 4.68 Å². The first-order valence-electron chi connectivity index (χ1n) is 14.3. The van der Waals surface area contributed by atoms with Crippen LogP contribution in [0.1, 0.15) is 35.9 Å². The van der Waals surface area contributed by atoms with Crippen LogP contribution < -0.4 is 15.2 Å². The summed E-state index contributed by atoms with van der Waals surface area (Å²) in [5, 5.41) is 14.5. The van der Waals surface area contributed by atoms with E-state index in [0.29, 0.717) is 24.5 Å². The molecule has 0 radical (unpaired) electrons. The fraction of sp³-hybridized carbons (Fsp3) is 0.229. The third-order valence-electron chi connectivity index (χ3n) is 7.31. The van der Waals surface area contributed by atoms with E-state index in [0.717, 1.165) is 41.1 Å². The van der Waals surface area contributed by atoms with Crippen LogP contribution in [0.5, 0.6) is 17.2 Å². The number of aliphatic carboxylic acids is 1. The van der Waals surface area contributed by atoms with Crippen molar-refractivity contribution in [3.63, 3.8) is 0 Å². The maximum absolute atomic E-state index is 12.9. The van der Waals surface area contributed by atoms with E-state index >= 15 is 0 Å². The SMILES string of the molecule is Cn1c(CCCc2ccc(OC(C)(Cc3ccccc3)C(=O)O)cc2)nn(Cc2cccc(Oc3ccccc3)c2)c1=O. The van der Waals surface area contributed by atoms with Crippen LogP contribution in [0.3, 0.4) is 0 Å². The molecule has 1 atom stereocenters. The second kappa shape index (κ2) is 13.2. The molecule has 1 unspecified atom stereocenters. The number of rotatable bonds is 13. The molecule has 1 N–H and O–H groups in total. The standard InChI is InChI=1S/C35H35N3O5/c1-35(33(39)40,24-27-11-5-3-6-12-27)43-30-21-19-26(20-22-30)13-10-18-32-36-38(34(41)37(32)2)25-28-14-9-17-31(23-28)42-29-15-7-4-8-16-29/h3-9,11-12,14-17,19-23H,10,13,18,24-25H2,1-2H3,(H,39,40). The van der Waals surface area contributed by atoms with Crippen molar-refractivity contribution in [1.82, 2.24) is 14.3 Å². The smallest absolute Gasteiger partial charge is 0.348 e. The number of hydrogen-bond acceptors (Lipinski definition) is 5. The van der Waals surface area contributed by atoms with E-state index in [1.54, 1.807) is 18.5 Å². The predicted molar refractivity (Wildman–Crippen MR) is 165 cm³/mol. The zero-order valence-corrected chi connectivity index (χ0v) is 24.3. The van der Waals surface area contributed by atoms with Crippen molar-refractivity contribution >= 4 is 5.97 Å². The summed E-state index contributed by atoms with van der Waals surface area (Å²) < 4.78 is 15.0. The van der Waals surface area contributed by atoms with Crippen LogP contribution in [0.15, 0.2) is 114 Å². The van der Waals surface area contributed by atoms with Crippen molar-refractivity contribution in [1.29, 1.82) is 0 Å². The van der Waals surface area contributed by atoms with E-state index in [4.69, 9.17) is 9.47 Å². The molecule has 0 saturated heterocycles. The molecule has 0 fully saturated rings. The van der Waals surface area contributed by atoms with Crippen LogP contribution in [0.4, 0.5) is 0 Å². The highest BCUT2D eigenvalue weighted by Crippen LogP contribution is 2.24. The van der Waals surface area contributed by atoms with Crippen LogP contribution >= 0.6 is 0 Å². The van der Waals surface area contributed by atoms with Gasteiger partial charge in [0.05, 0.1) is 6.54 Å². The average molecular weight is 578 g/mol. The van der Waals surface area contributed by atoms with Gasteiger partial charge in [0.25, 0.3) is 0 Å². The van der Waals surface area contributed by atoms with Gasteiger partial charge in [0.2, 0.25) is 5.60 Å². The maximum Gasteiger partial charge on any atom is 0.348 e. The van der Waals surface area contributed by atoms with Gasteiger partial charge in [0.1, 0.15) is 23.1 Å². The quantitative estimate of drug-likeness (QED) is 0.183. The number of aryl methyl sites for hydroxylation is 2. The van der Waals surface area contributed by atoms with E-state index in [2.05, 4.69) is 5.10 Å². The highest BCUT2D eigenvalue weighted by molar-refractivity contribution is 5.78. The van der Waals surface area contributed by atoms with Gasteiger partial charge in [0.15, 0.2) is 0 Å². The van der Waals surface area contributed by atoms with Crippen LogP contribution in [-0.4, -0.2) is 31.0 Å². The van der Waals surface area contributed by atoms with E-state index < -0.39 is 11.6 Å². The monoisotopic (exact) mass is 577 g/mol. The first-order chi connectivity index (χ1) is 20.8. The van der Waals surface area contributed by atoms with Crippen LogP contribution in [0.25, 0.3) is 0 Å². The Kier molecular flexibility index (Phi) is 9.05. The normalized spacial score (nSPS) is 12.4. The van der Waals surface area contributed by atoms with Gasteiger partial charge < -0.3 is 14.6 Å². The van der Waals surface area contributed by atoms with Gasteiger partial charge in [-0.25, -0.2) is 14.3 Å². The Hall–Kier alpha value is -5.11. The van der Waals surface area contributed by atoms with E-state index in [1.807, 2.05) is 109 Å². The summed E-state index contributed by atoms with van der Waals surface area (Å²) in [4.78, 5) is 24.9. The highest BCUT2D eigenvalue weighted by Gasteiger charge is 2.36. The lowest BCUT2D eigenvalue weighted by Gasteiger charge is -2.26. The maximum atomic E-state index is 12.9. The third kappa shape index (κ3) is 7.60. The summed E-state index contributed by atoms with van der Waals surface area (Å²) in [6, 6.07) is 34.2. The molecule has 0 saturated carbocycles. The number of nitrogens with zero attached hydrogens (tertiary/aromatic N) is 3. The summed E-state index contributed by atoms with van der Waals surface area (Å²) >= 11 is 0. The largest absolute Gasteiger partial charge is 0.478 e. The molecule has 43 heavy (non-hydrogen) atoms. The molecule has 0 aliphatic rings. The fourth-order valence-electron chi connectivity index (χ4n) is 4.93. The van der Waals surface area contributed by atoms with E-state index in [-0.39, 0.29) is 12.1 Å². The highest BCUT2D eigenvalue weighted by atomic mass is 16.5. The van der Waals surface area contributed by atoms with E-state index in [9.17, 15) is 14.7 Å². The number of benzene rings is 4. The predicted octanol–water partition coefficient (Wildman–Crippen LogP) is 6.06. The van der Waals surface area contributed by atoms with Crippen molar-refractivity contribution in [2.75, 3.05) is 0 Å². The Bertz CT molecular complexity index is 1710. The Morgan fingerprint density at radius 3 is 2.14 bits per heavy atom. The van der Waals surface area contributed by atoms with Gasteiger partial charge in [-0.1, -0.05) is 72.8 Å². The van der Waals surface area contributed by atoms with Crippen molar-refractivity contribution in [3.05, 3.63) is 142 Å². The molecule has 220 valence electrons. The zero-order chi connectivity index (χ0) is 30.2. The van der Waals surface area contributed by atoms with Crippen LogP contribution in [-0.2, 0) is 37.6 Å². The topological polar surface area (TPSA) is 95.6 Å². The summed E-state index contributed by atoms with van der Waals surface area (Å²) in [5.41, 5.74) is 1.36. The van der Waals surface area contributed by atoms with Gasteiger partial charge in [-0.15, -0.1) is 0 Å². The summed E-state index contributed by atoms with van der Waals surface area (Å²) in [7, 11) is 1.75. The molecule has 8 nitrogen and oxygen atoms in total. The number of ether oxygens (including phenoxy) is 2. The van der Waals surface area contributed by atoms with Crippen molar-refractivity contribution in [2.45, 2.75) is 44.8 Å². The molecule has 0 aliphatic heterocycles. The van der Waals surface area contributed by atoms with Crippen LogP contribution in [0, 0.1) is 0 Å². The number of carboxylic acids is 1. The molecule has 4 aromatic carbocycles. The van der Waals surface area contributed by atoms with Gasteiger partial charge in [-0.2, -0.15) is 5.10 Å². The number of carbonyl (C=O) groups is 1. The number of carboxylic acid groups (broad SMARTS) is 1. The van der Waals surface area contributed by atoms with Gasteiger partial charge >= 0.3 is 11.7 Å². The first kappa shape index (κ1) is 29.4. The second-order valence-electron chi connectivity index (χ2n) is 10.8. The minimum atomic E-state index is -1.39. The Morgan fingerprint density at radius 1 is 0.791 bits per heavy atom. The van der Waals surface area contributed by atoms with Gasteiger partial charge in [-0.05, 0) is 72.9 Å². The lowest BCUT2D eigenvalue weighted by molar-refractivity contribution is -0.153. The van der Waals surface area contributed by atoms with Crippen molar-refractivity contribution in [2.24, 2.45) is 7.05 Å². The molecule has 8 heteroatoms. The fourth-order valence-corrected chi connectivity index (χ4v) is 4.93. The molecular formula is C35H35N3O5. The molecular weight excluding hydrogens is 542 g/mol. The molecule has 0 spiro atoms. The Morgan fingerprint density at radius 2 is 1.44 bits per heavy atom. The first-order valence-corrected chi connectivity index (χ1v) is 14.3. The van der Waals surface area contributed by atoms with Crippen molar-refractivity contribution < 1.29 is 19.4 Å². The molecule has 1 aromatic heterocycles. The average Bonchev–Trinajstić information content (AvgIpc) is 3.27. The van der Waals surface area contributed by atoms with Gasteiger partial charge in [-0.3, -0.25) is 4.57 Å². The minimum absolute atomic E-state index is 0.164. The van der Waals surface area contributed by atoms with Crippen LogP contribution in [0.2, 0.25) is 0 Å². The summed E-state index contributed by atoms with van der Waals surface area (Å²) in [6.07, 6.45) is 2.47. The number of para-hydroxylation sites is 1. The second-order valence-corrected chi connectivity index (χ2v) is 10.8. The molecule has 0 aliphatic carbocycles. The lowest BCUT2D eigenvalue weighted by atomic mass is 9.96. The Labute approximate surface area is 250 Å². The van der Waals surface area contributed by atoms with Gasteiger partial charge in [0, 0.05) is 19.9 Å². The van der Waals surface area contributed by atoms with Crippen molar-refractivity contribution in [3.8, 4) is 17.2 Å². The summed E-state index contributed by atoms with van der Waals surface area (Å²) in [6.45, 7) is 1.94.